The lowest BCUT2D eigenvalue weighted by atomic mass is 9.96. The monoisotopic (exact) mass is 489 g/mol. The lowest BCUT2D eigenvalue weighted by Crippen LogP contribution is -2.41. The normalized spacial score (nSPS) is 15.5. The van der Waals surface area contributed by atoms with Gasteiger partial charge in [0, 0.05) is 43.3 Å². The molecule has 0 atom stereocenters. The average Bonchev–Trinajstić information content (AvgIpc) is 3.17. The number of carbonyl (C=O) groups is 1. The highest BCUT2D eigenvalue weighted by Crippen LogP contribution is 2.30. The number of aromatic nitrogens is 3. The van der Waals surface area contributed by atoms with E-state index in [-0.39, 0.29) is 16.9 Å². The molecule has 3 heterocycles. The van der Waals surface area contributed by atoms with E-state index < -0.39 is 21.3 Å². The summed E-state index contributed by atoms with van der Waals surface area (Å²) in [6.45, 7) is 6.71. The maximum Gasteiger partial charge on any atom is 0.410 e. The van der Waals surface area contributed by atoms with Crippen molar-refractivity contribution in [2.45, 2.75) is 50.0 Å². The van der Waals surface area contributed by atoms with Gasteiger partial charge in [-0.05, 0) is 51.8 Å². The van der Waals surface area contributed by atoms with Crippen LogP contribution in [0.2, 0.25) is 0 Å². The van der Waals surface area contributed by atoms with E-state index in [9.17, 15) is 17.6 Å². The van der Waals surface area contributed by atoms with Crippen LogP contribution in [0.1, 0.15) is 45.4 Å². The quantitative estimate of drug-likeness (QED) is 0.587. The summed E-state index contributed by atoms with van der Waals surface area (Å²) in [6, 6.07) is 3.85. The van der Waals surface area contributed by atoms with Crippen molar-refractivity contribution in [1.82, 2.24) is 19.3 Å². The lowest BCUT2D eigenvalue weighted by Gasteiger charge is -2.33. The number of nitrogens with zero attached hydrogens (tertiary/aromatic N) is 4. The first-order valence-electron chi connectivity index (χ1n) is 11.0. The number of anilines is 2. The van der Waals surface area contributed by atoms with Crippen LogP contribution in [0.3, 0.4) is 0 Å². The molecule has 34 heavy (non-hydrogen) atoms. The number of rotatable bonds is 4. The van der Waals surface area contributed by atoms with E-state index in [0.717, 1.165) is 31.0 Å². The van der Waals surface area contributed by atoms with Gasteiger partial charge in [0.1, 0.15) is 27.7 Å². The van der Waals surface area contributed by atoms with E-state index in [4.69, 9.17) is 4.74 Å². The Bertz CT molecular complexity index is 1320. The second kappa shape index (κ2) is 8.86. The Morgan fingerprint density at radius 2 is 1.91 bits per heavy atom. The van der Waals surface area contributed by atoms with Gasteiger partial charge in [-0.25, -0.2) is 27.6 Å². The molecule has 1 aliphatic heterocycles. The number of imidazole rings is 1. The van der Waals surface area contributed by atoms with Crippen molar-refractivity contribution in [3.63, 3.8) is 0 Å². The van der Waals surface area contributed by atoms with Gasteiger partial charge in [0.05, 0.1) is 6.20 Å². The van der Waals surface area contributed by atoms with Gasteiger partial charge in [-0.2, -0.15) is 0 Å². The fourth-order valence-corrected chi connectivity index (χ4v) is 4.74. The van der Waals surface area contributed by atoms with Crippen molar-refractivity contribution in [3.05, 3.63) is 48.4 Å². The summed E-state index contributed by atoms with van der Waals surface area (Å²) < 4.78 is 45.0. The van der Waals surface area contributed by atoms with Crippen LogP contribution in [0.15, 0.2) is 41.7 Å². The Balaban J connectivity index is 1.51. The average molecular weight is 490 g/mol. The molecule has 0 unspecified atom stereocenters. The summed E-state index contributed by atoms with van der Waals surface area (Å²) in [6.07, 6.45) is 7.31. The molecule has 182 valence electrons. The third-order valence-corrected chi connectivity index (χ3v) is 6.72. The molecule has 1 amide bonds. The zero-order valence-corrected chi connectivity index (χ0v) is 20.4. The van der Waals surface area contributed by atoms with Crippen LogP contribution in [-0.2, 0) is 14.6 Å². The number of halogens is 1. The number of hydrogen-bond acceptors (Lipinski definition) is 7. The van der Waals surface area contributed by atoms with Crippen LogP contribution in [0.4, 0.5) is 20.7 Å². The van der Waals surface area contributed by atoms with Crippen molar-refractivity contribution in [3.8, 4) is 0 Å². The topological polar surface area (TPSA) is 106 Å². The molecular formula is C23H28FN5O4S. The van der Waals surface area contributed by atoms with Crippen LogP contribution >= 0.6 is 0 Å². The number of likely N-dealkylation sites (tertiary alicyclic amines) is 1. The zero-order valence-electron chi connectivity index (χ0n) is 19.6. The fourth-order valence-electron chi connectivity index (χ4n) is 4.01. The molecule has 1 N–H and O–H groups in total. The van der Waals surface area contributed by atoms with Gasteiger partial charge in [-0.15, -0.1) is 0 Å². The molecule has 1 saturated heterocycles. The van der Waals surface area contributed by atoms with E-state index in [0.29, 0.717) is 30.1 Å². The van der Waals surface area contributed by atoms with E-state index in [1.807, 2.05) is 31.4 Å². The number of ether oxygens (including phenoxy) is 1. The minimum absolute atomic E-state index is 0.155. The van der Waals surface area contributed by atoms with Gasteiger partial charge in [-0.3, -0.25) is 4.40 Å². The molecule has 1 aromatic carbocycles. The molecule has 3 aromatic rings. The largest absolute Gasteiger partial charge is 0.444 e. The predicted molar refractivity (Wildman–Crippen MR) is 126 cm³/mol. The number of hydrogen-bond donors (Lipinski definition) is 1. The van der Waals surface area contributed by atoms with Gasteiger partial charge >= 0.3 is 6.09 Å². The Labute approximate surface area is 197 Å². The SMILES string of the molecule is CC(C)(C)OC(=O)N1CCC(c2ncc3c(Nc4ccc(S(C)(=O)=O)c(F)c4)nccn23)CC1. The summed E-state index contributed by atoms with van der Waals surface area (Å²) in [5.74, 6) is 0.662. The van der Waals surface area contributed by atoms with E-state index >= 15 is 0 Å². The van der Waals surface area contributed by atoms with Crippen molar-refractivity contribution in [2.75, 3.05) is 24.7 Å². The summed E-state index contributed by atoms with van der Waals surface area (Å²) in [7, 11) is -3.65. The minimum atomic E-state index is -3.65. The summed E-state index contributed by atoms with van der Waals surface area (Å²) in [5.41, 5.74) is 0.552. The molecule has 0 spiro atoms. The molecule has 0 saturated carbocycles. The van der Waals surface area contributed by atoms with Gasteiger partial charge in [0.2, 0.25) is 0 Å². The molecule has 4 rings (SSSR count). The van der Waals surface area contributed by atoms with Crippen LogP contribution in [0.5, 0.6) is 0 Å². The van der Waals surface area contributed by atoms with Gasteiger partial charge in [0.15, 0.2) is 15.7 Å². The van der Waals surface area contributed by atoms with E-state index in [1.54, 1.807) is 17.3 Å². The van der Waals surface area contributed by atoms with Crippen molar-refractivity contribution in [1.29, 1.82) is 0 Å². The molecular weight excluding hydrogens is 461 g/mol. The predicted octanol–water partition coefficient (Wildman–Crippen LogP) is 4.13. The summed E-state index contributed by atoms with van der Waals surface area (Å²) >= 11 is 0. The van der Waals surface area contributed by atoms with Crippen molar-refractivity contribution in [2.24, 2.45) is 0 Å². The molecule has 1 fully saturated rings. The molecule has 1 aliphatic rings. The molecule has 9 nitrogen and oxygen atoms in total. The van der Waals surface area contributed by atoms with Crippen LogP contribution < -0.4 is 5.32 Å². The maximum absolute atomic E-state index is 14.3. The number of sulfone groups is 1. The highest BCUT2D eigenvalue weighted by molar-refractivity contribution is 7.90. The van der Waals surface area contributed by atoms with Crippen LogP contribution in [0.25, 0.3) is 5.52 Å². The lowest BCUT2D eigenvalue weighted by molar-refractivity contribution is 0.0203. The standard InChI is InChI=1S/C23H28FN5O4S/c1-23(2,3)33-22(30)28-10-7-15(8-11-28)21-26-14-18-20(25-9-12-29(18)21)27-16-5-6-19(17(24)13-16)34(4,31)32/h5-6,9,12-15H,7-8,10-11H2,1-4H3,(H,25,27). The number of amides is 1. The van der Waals surface area contributed by atoms with Gasteiger partial charge < -0.3 is 15.0 Å². The highest BCUT2D eigenvalue weighted by Gasteiger charge is 2.29. The molecule has 2 aromatic heterocycles. The highest BCUT2D eigenvalue weighted by atomic mass is 32.2. The van der Waals surface area contributed by atoms with Crippen LogP contribution in [-0.4, -0.2) is 58.7 Å². The maximum atomic E-state index is 14.3. The van der Waals surface area contributed by atoms with Crippen LogP contribution in [0, 0.1) is 5.82 Å². The first-order valence-corrected chi connectivity index (χ1v) is 12.9. The fraction of sp³-hybridized carbons (Fsp3) is 0.435. The molecule has 0 aliphatic carbocycles. The van der Waals surface area contributed by atoms with Crippen molar-refractivity contribution < 1.29 is 22.3 Å². The number of fused-ring (bicyclic) bond motifs is 1. The smallest absolute Gasteiger partial charge is 0.410 e. The second-order valence-corrected chi connectivity index (χ2v) is 11.4. The molecule has 0 radical (unpaired) electrons. The van der Waals surface area contributed by atoms with E-state index in [2.05, 4.69) is 15.3 Å². The Morgan fingerprint density at radius 1 is 1.21 bits per heavy atom. The molecule has 0 bridgehead atoms. The first-order chi connectivity index (χ1) is 15.9. The number of benzene rings is 1. The van der Waals surface area contributed by atoms with Gasteiger partial charge in [0.25, 0.3) is 0 Å². The number of piperidine rings is 1. The van der Waals surface area contributed by atoms with Gasteiger partial charge in [-0.1, -0.05) is 0 Å². The van der Waals surface area contributed by atoms with E-state index in [1.165, 1.54) is 12.1 Å². The number of nitrogens with one attached hydrogen (secondary N) is 1. The number of carbonyl (C=O) groups excluding carboxylic acids is 1. The van der Waals surface area contributed by atoms with Crippen molar-refractivity contribution >= 4 is 33.0 Å². The Morgan fingerprint density at radius 3 is 2.53 bits per heavy atom. The third-order valence-electron chi connectivity index (χ3n) is 5.59. The Hall–Kier alpha value is -3.21. The zero-order chi connectivity index (χ0) is 24.7. The first kappa shape index (κ1) is 23.9. The second-order valence-electron chi connectivity index (χ2n) is 9.43. The summed E-state index contributed by atoms with van der Waals surface area (Å²) in [5, 5.41) is 3.05. The molecule has 11 heteroatoms. The third kappa shape index (κ3) is 5.14. The minimum Gasteiger partial charge on any atom is -0.444 e. The summed E-state index contributed by atoms with van der Waals surface area (Å²) in [4.78, 5) is 22.7. The Kier molecular flexibility index (Phi) is 6.24.